The zero-order valence-corrected chi connectivity index (χ0v) is 21.4. The summed E-state index contributed by atoms with van der Waals surface area (Å²) in [6.45, 7) is 0. The third-order valence-electron chi connectivity index (χ3n) is 5.63. The predicted molar refractivity (Wildman–Crippen MR) is 146 cm³/mol. The highest BCUT2D eigenvalue weighted by Crippen LogP contribution is 2.43. The molecule has 0 amide bonds. The number of fused-ring (bicyclic) bond motifs is 1. The molecule has 0 aliphatic heterocycles. The largest absolute Gasteiger partial charge is 0.506 e. The molecule has 0 aliphatic rings. The summed E-state index contributed by atoms with van der Waals surface area (Å²) in [5, 5.41) is 12.1. The number of hydrogen-bond donors (Lipinski definition) is 2. The molecule has 5 aromatic rings. The Morgan fingerprint density at radius 3 is 2.08 bits per heavy atom. The average molecular weight is 530 g/mol. The smallest absolute Gasteiger partial charge is 0.261 e. The van der Waals surface area contributed by atoms with E-state index in [0.29, 0.717) is 38.6 Å². The first-order chi connectivity index (χ1) is 17.9. The molecule has 0 aliphatic carbocycles. The number of anilines is 1. The maximum atomic E-state index is 13.3. The second-order valence-corrected chi connectivity index (χ2v) is 10.9. The third kappa shape index (κ3) is 5.35. The van der Waals surface area contributed by atoms with Crippen molar-refractivity contribution < 1.29 is 23.0 Å². The number of nitrogens with one attached hydrogen (secondary N) is 1. The molecule has 186 valence electrons. The summed E-state index contributed by atoms with van der Waals surface area (Å²) in [6.07, 6.45) is 0. The minimum Gasteiger partial charge on any atom is -0.506 e. The van der Waals surface area contributed by atoms with Gasteiger partial charge < -0.3 is 14.6 Å². The fourth-order valence-electron chi connectivity index (χ4n) is 3.83. The molecule has 0 bridgehead atoms. The second-order valence-electron chi connectivity index (χ2n) is 8.06. The topological polar surface area (TPSA) is 84.9 Å². The van der Waals surface area contributed by atoms with Crippen molar-refractivity contribution in [2.45, 2.75) is 14.7 Å². The molecule has 0 spiro atoms. The van der Waals surface area contributed by atoms with Crippen LogP contribution in [0.15, 0.2) is 124 Å². The number of phenols is 1. The van der Waals surface area contributed by atoms with Gasteiger partial charge in [-0.25, -0.2) is 8.42 Å². The molecule has 0 radical (unpaired) electrons. The summed E-state index contributed by atoms with van der Waals surface area (Å²) in [6, 6.07) is 31.7. The fraction of sp³-hybridized carbons (Fsp3) is 0.0345. The highest BCUT2D eigenvalue weighted by molar-refractivity contribution is 7.99. The summed E-state index contributed by atoms with van der Waals surface area (Å²) >= 11 is 1.36. The Labute approximate surface area is 219 Å². The zero-order chi connectivity index (χ0) is 25.8. The molecule has 5 aromatic carbocycles. The zero-order valence-electron chi connectivity index (χ0n) is 19.8. The van der Waals surface area contributed by atoms with Gasteiger partial charge in [0.1, 0.15) is 11.5 Å². The summed E-state index contributed by atoms with van der Waals surface area (Å²) in [5.41, 5.74) is 0.376. The lowest BCUT2D eigenvalue weighted by molar-refractivity contribution is 0.379. The van der Waals surface area contributed by atoms with Crippen molar-refractivity contribution >= 4 is 38.2 Å². The average Bonchev–Trinajstić information content (AvgIpc) is 2.92. The van der Waals surface area contributed by atoms with Crippen LogP contribution in [0.4, 0.5) is 5.69 Å². The highest BCUT2D eigenvalue weighted by atomic mass is 32.2. The van der Waals surface area contributed by atoms with Gasteiger partial charge in [-0.3, -0.25) is 4.72 Å². The Bertz CT molecular complexity index is 1650. The van der Waals surface area contributed by atoms with Crippen LogP contribution < -0.4 is 14.2 Å². The van der Waals surface area contributed by atoms with Crippen LogP contribution in [0.1, 0.15) is 0 Å². The molecule has 0 saturated heterocycles. The van der Waals surface area contributed by atoms with E-state index in [1.807, 2.05) is 42.5 Å². The first-order valence-electron chi connectivity index (χ1n) is 11.4. The van der Waals surface area contributed by atoms with Crippen LogP contribution in [-0.4, -0.2) is 20.6 Å². The molecule has 37 heavy (non-hydrogen) atoms. The van der Waals surface area contributed by atoms with Gasteiger partial charge in [-0.1, -0.05) is 66.4 Å². The van der Waals surface area contributed by atoms with Crippen LogP contribution in [0.5, 0.6) is 23.0 Å². The Hall–Kier alpha value is -4.14. The standard InChI is InChI=1S/C29H23NO5S2/c1-34-26-13-7-8-14-27(26)35-20-15-17-22(18-16-20)37(32,33)30-25-19-28(36-21-9-3-2-4-10-21)29(31)24-12-6-5-11-23(24)25/h2-19,30-31H,1H3. The van der Waals surface area contributed by atoms with Gasteiger partial charge in [-0.05, 0) is 54.6 Å². The number of hydrogen-bond acceptors (Lipinski definition) is 6. The summed E-state index contributed by atoms with van der Waals surface area (Å²) in [4.78, 5) is 1.55. The maximum Gasteiger partial charge on any atom is 0.261 e. The van der Waals surface area contributed by atoms with Crippen LogP contribution in [0.3, 0.4) is 0 Å². The maximum absolute atomic E-state index is 13.3. The Morgan fingerprint density at radius 1 is 0.757 bits per heavy atom. The number of sulfonamides is 1. The van der Waals surface area contributed by atoms with Gasteiger partial charge in [-0.2, -0.15) is 0 Å². The Balaban J connectivity index is 1.45. The van der Waals surface area contributed by atoms with Crippen molar-refractivity contribution in [1.29, 1.82) is 0 Å². The first-order valence-corrected chi connectivity index (χ1v) is 13.7. The van der Waals surface area contributed by atoms with Crippen LogP contribution >= 0.6 is 11.8 Å². The number of aromatic hydroxyl groups is 1. The molecular formula is C29H23NO5S2. The predicted octanol–water partition coefficient (Wildman–Crippen LogP) is 7.30. The fourth-order valence-corrected chi connectivity index (χ4v) is 5.83. The van der Waals surface area contributed by atoms with Crippen molar-refractivity contribution in [1.82, 2.24) is 0 Å². The number of ether oxygens (including phenoxy) is 2. The van der Waals surface area contributed by atoms with Gasteiger partial charge in [0.15, 0.2) is 11.5 Å². The van der Waals surface area contributed by atoms with Crippen LogP contribution in [-0.2, 0) is 10.0 Å². The normalized spacial score (nSPS) is 11.3. The van der Waals surface area contributed by atoms with Crippen LogP contribution in [0, 0.1) is 0 Å². The third-order valence-corrected chi connectivity index (χ3v) is 8.05. The lowest BCUT2D eigenvalue weighted by Crippen LogP contribution is -2.13. The molecule has 2 N–H and O–H groups in total. The van der Waals surface area contributed by atoms with E-state index in [1.54, 1.807) is 61.7 Å². The minimum absolute atomic E-state index is 0.0781. The summed E-state index contributed by atoms with van der Waals surface area (Å²) < 4.78 is 40.5. The number of benzene rings is 5. The van der Waals surface area contributed by atoms with Crippen molar-refractivity contribution in [2.75, 3.05) is 11.8 Å². The second kappa shape index (κ2) is 10.5. The number of rotatable bonds is 8. The van der Waals surface area contributed by atoms with Gasteiger partial charge in [0.05, 0.1) is 22.6 Å². The number of phenolic OH excluding ortho intramolecular Hbond substituents is 1. The molecule has 5 rings (SSSR count). The van der Waals surface area contributed by atoms with E-state index in [9.17, 15) is 13.5 Å². The molecule has 6 nitrogen and oxygen atoms in total. The Kier molecular flexibility index (Phi) is 6.94. The van der Waals surface area contributed by atoms with Crippen molar-refractivity contribution in [3.63, 3.8) is 0 Å². The van der Waals surface area contributed by atoms with E-state index >= 15 is 0 Å². The van der Waals surface area contributed by atoms with Crippen molar-refractivity contribution in [3.05, 3.63) is 109 Å². The van der Waals surface area contributed by atoms with E-state index < -0.39 is 10.0 Å². The quantitative estimate of drug-likeness (QED) is 0.205. The lowest BCUT2D eigenvalue weighted by atomic mass is 10.1. The monoisotopic (exact) mass is 529 g/mol. The van der Waals surface area contributed by atoms with E-state index in [1.165, 1.54) is 23.9 Å². The van der Waals surface area contributed by atoms with E-state index in [-0.39, 0.29) is 10.6 Å². The van der Waals surface area contributed by atoms with Crippen LogP contribution in [0.2, 0.25) is 0 Å². The van der Waals surface area contributed by atoms with Crippen LogP contribution in [0.25, 0.3) is 10.8 Å². The summed E-state index contributed by atoms with van der Waals surface area (Å²) in [7, 11) is -2.37. The first kappa shape index (κ1) is 24.5. The lowest BCUT2D eigenvalue weighted by Gasteiger charge is -2.15. The SMILES string of the molecule is COc1ccccc1Oc1ccc(S(=O)(=O)Nc2cc(Sc3ccccc3)c(O)c3ccccc23)cc1. The molecule has 8 heteroatoms. The van der Waals surface area contributed by atoms with Gasteiger partial charge >= 0.3 is 0 Å². The van der Waals surface area contributed by atoms with Gasteiger partial charge in [0, 0.05) is 15.7 Å². The van der Waals surface area contributed by atoms with Gasteiger partial charge in [-0.15, -0.1) is 0 Å². The molecule has 0 unspecified atom stereocenters. The molecule has 0 fully saturated rings. The molecule has 0 heterocycles. The highest BCUT2D eigenvalue weighted by Gasteiger charge is 2.19. The molecule has 0 aromatic heterocycles. The van der Waals surface area contributed by atoms with E-state index in [4.69, 9.17) is 9.47 Å². The van der Waals surface area contributed by atoms with Crippen molar-refractivity contribution in [2.24, 2.45) is 0 Å². The van der Waals surface area contributed by atoms with Gasteiger partial charge in [0.25, 0.3) is 10.0 Å². The number of para-hydroxylation sites is 2. The molecule has 0 saturated carbocycles. The Morgan fingerprint density at radius 2 is 1.38 bits per heavy atom. The minimum atomic E-state index is -3.93. The van der Waals surface area contributed by atoms with Gasteiger partial charge in [0.2, 0.25) is 0 Å². The molecular weight excluding hydrogens is 506 g/mol. The van der Waals surface area contributed by atoms with E-state index in [0.717, 1.165) is 4.90 Å². The molecule has 0 atom stereocenters. The van der Waals surface area contributed by atoms with E-state index in [2.05, 4.69) is 4.72 Å². The van der Waals surface area contributed by atoms with Crippen molar-refractivity contribution in [3.8, 4) is 23.0 Å². The summed E-state index contributed by atoms with van der Waals surface area (Å²) in [5.74, 6) is 1.67. The number of methoxy groups -OCH3 is 1.